The molecule has 0 saturated carbocycles. The molecule has 1 aliphatic rings. The quantitative estimate of drug-likeness (QED) is 0.315. The summed E-state index contributed by atoms with van der Waals surface area (Å²) < 4.78 is 29.2. The lowest BCUT2D eigenvalue weighted by molar-refractivity contribution is -0.136. The van der Waals surface area contributed by atoms with Crippen molar-refractivity contribution in [2.24, 2.45) is 7.05 Å². The van der Waals surface area contributed by atoms with Crippen LogP contribution >= 0.6 is 0 Å². The number of nitrogens with zero attached hydrogens (tertiary/aromatic N) is 5. The van der Waals surface area contributed by atoms with Crippen molar-refractivity contribution >= 4 is 34.4 Å². The minimum atomic E-state index is -0.647. The van der Waals surface area contributed by atoms with E-state index in [1.807, 2.05) is 34.6 Å². The fraction of sp³-hybridized carbons (Fsp3) is 0.393. The summed E-state index contributed by atoms with van der Waals surface area (Å²) in [5.41, 5.74) is 0.930. The molecule has 0 spiro atoms. The fourth-order valence-electron chi connectivity index (χ4n) is 4.43. The number of hydrogen-bond donors (Lipinski definition) is 3. The van der Waals surface area contributed by atoms with Crippen LogP contribution in [0.3, 0.4) is 0 Å². The van der Waals surface area contributed by atoms with Gasteiger partial charge in [0.25, 0.3) is 5.56 Å². The molecule has 12 nitrogen and oxygen atoms in total. The number of rotatable bonds is 6. The Bertz CT molecular complexity index is 1670. The Morgan fingerprint density at radius 1 is 1.20 bits per heavy atom. The highest BCUT2D eigenvalue weighted by Gasteiger charge is 2.32. The number of urea groups is 1. The maximum absolute atomic E-state index is 14.7. The van der Waals surface area contributed by atoms with E-state index >= 15 is 0 Å². The molecule has 0 radical (unpaired) electrons. The zero-order chi connectivity index (χ0) is 29.5. The number of aryl methyl sites for hydroxylation is 1. The Morgan fingerprint density at radius 3 is 2.66 bits per heavy atom. The SMILES string of the molecule is Cn1c(=O)c(-c2ccc(F)c(NC(=O)Nc3cnn(C(C)(C)C)c3)c2)cc2cnc(NCC3COC(C)(C)O3)nc21. The first kappa shape index (κ1) is 28.2. The average Bonchev–Trinajstić information content (AvgIpc) is 3.52. The van der Waals surface area contributed by atoms with Crippen LogP contribution in [0.15, 0.2) is 47.7 Å². The second-order valence-corrected chi connectivity index (χ2v) is 11.3. The number of amides is 2. The van der Waals surface area contributed by atoms with Gasteiger partial charge < -0.3 is 25.4 Å². The molecule has 216 valence electrons. The third-order valence-electron chi connectivity index (χ3n) is 6.56. The van der Waals surface area contributed by atoms with Crippen molar-refractivity contribution in [2.45, 2.75) is 52.0 Å². The molecule has 0 aliphatic carbocycles. The first-order valence-electron chi connectivity index (χ1n) is 13.1. The highest BCUT2D eigenvalue weighted by atomic mass is 19.1. The van der Waals surface area contributed by atoms with Crippen molar-refractivity contribution in [2.75, 3.05) is 29.1 Å². The van der Waals surface area contributed by atoms with E-state index in [4.69, 9.17) is 9.47 Å². The lowest BCUT2D eigenvalue weighted by atomic mass is 10.1. The number of halogens is 1. The molecule has 13 heteroatoms. The average molecular weight is 565 g/mol. The van der Waals surface area contributed by atoms with Crippen LogP contribution in [-0.4, -0.2) is 55.4 Å². The molecule has 41 heavy (non-hydrogen) atoms. The van der Waals surface area contributed by atoms with Crippen LogP contribution in [0.4, 0.5) is 26.5 Å². The van der Waals surface area contributed by atoms with E-state index in [0.717, 1.165) is 0 Å². The van der Waals surface area contributed by atoms with E-state index in [9.17, 15) is 14.0 Å². The molecule has 0 bridgehead atoms. The molecule has 3 N–H and O–H groups in total. The van der Waals surface area contributed by atoms with Crippen molar-refractivity contribution in [3.63, 3.8) is 0 Å². The largest absolute Gasteiger partial charge is 0.351 e. The normalized spacial score (nSPS) is 16.6. The molecule has 4 aromatic rings. The standard InChI is InChI=1S/C28H33FN8O4/c1-27(2,3)37-14-18(12-32-37)33-26(39)34-22-10-16(7-8-21(22)29)20-9-17-11-30-25(35-23(17)36(6)24(20)38)31-13-19-15-40-28(4,5)41-19/h7-12,14,19H,13,15H2,1-6H3,(H,30,31,35)(H2,33,34,39). The molecule has 4 heterocycles. The van der Waals surface area contributed by atoms with E-state index in [-0.39, 0.29) is 22.9 Å². The molecular weight excluding hydrogens is 531 g/mol. The Labute approximate surface area is 235 Å². The topological polar surface area (TPSA) is 137 Å². The van der Waals surface area contributed by atoms with Gasteiger partial charge in [-0.05, 0) is 58.4 Å². The van der Waals surface area contributed by atoms with Gasteiger partial charge >= 0.3 is 6.03 Å². The van der Waals surface area contributed by atoms with Crippen molar-refractivity contribution in [1.82, 2.24) is 24.3 Å². The molecular formula is C28H33FN8O4. The summed E-state index contributed by atoms with van der Waals surface area (Å²) in [6.45, 7) is 10.5. The number of fused-ring (bicyclic) bond motifs is 1. The Morgan fingerprint density at radius 2 is 1.98 bits per heavy atom. The van der Waals surface area contributed by atoms with Gasteiger partial charge in [0.1, 0.15) is 17.6 Å². The summed E-state index contributed by atoms with van der Waals surface area (Å²) in [5.74, 6) is -0.931. The van der Waals surface area contributed by atoms with Gasteiger partial charge in [0.15, 0.2) is 5.79 Å². The summed E-state index contributed by atoms with van der Waals surface area (Å²) in [4.78, 5) is 34.8. The minimum absolute atomic E-state index is 0.0811. The van der Waals surface area contributed by atoms with Gasteiger partial charge in [-0.2, -0.15) is 10.1 Å². The number of nitrogens with one attached hydrogen (secondary N) is 3. The van der Waals surface area contributed by atoms with Crippen molar-refractivity contribution in [3.05, 3.63) is 59.0 Å². The van der Waals surface area contributed by atoms with E-state index in [0.29, 0.717) is 46.9 Å². The first-order chi connectivity index (χ1) is 19.3. The van der Waals surface area contributed by atoms with Crippen LogP contribution in [0.1, 0.15) is 34.6 Å². The van der Waals surface area contributed by atoms with Gasteiger partial charge in [0.05, 0.1) is 29.7 Å². The smallest absolute Gasteiger partial charge is 0.323 e. The van der Waals surface area contributed by atoms with Gasteiger partial charge in [-0.25, -0.2) is 14.2 Å². The summed E-state index contributed by atoms with van der Waals surface area (Å²) in [7, 11) is 1.61. The Balaban J connectivity index is 1.34. The van der Waals surface area contributed by atoms with Gasteiger partial charge in [-0.3, -0.25) is 14.0 Å². The third-order valence-corrected chi connectivity index (χ3v) is 6.56. The second-order valence-electron chi connectivity index (χ2n) is 11.3. The number of hydrogen-bond acceptors (Lipinski definition) is 8. The predicted octanol–water partition coefficient (Wildman–Crippen LogP) is 4.29. The molecule has 1 aromatic carbocycles. The first-order valence-corrected chi connectivity index (χ1v) is 13.1. The lowest BCUT2D eigenvalue weighted by Gasteiger charge is -2.18. The van der Waals surface area contributed by atoms with Crippen LogP contribution in [0.2, 0.25) is 0 Å². The maximum atomic E-state index is 14.7. The van der Waals surface area contributed by atoms with Gasteiger partial charge in [0.2, 0.25) is 5.95 Å². The molecule has 1 atom stereocenters. The number of carbonyl (C=O) groups is 1. The van der Waals surface area contributed by atoms with E-state index in [1.165, 1.54) is 29.0 Å². The highest BCUT2D eigenvalue weighted by Crippen LogP contribution is 2.26. The second kappa shape index (κ2) is 10.6. The van der Waals surface area contributed by atoms with Crippen molar-refractivity contribution in [1.29, 1.82) is 0 Å². The molecule has 5 rings (SSSR count). The summed E-state index contributed by atoms with van der Waals surface area (Å²) >= 11 is 0. The monoisotopic (exact) mass is 564 g/mol. The van der Waals surface area contributed by atoms with Crippen LogP contribution in [0, 0.1) is 5.82 Å². The zero-order valence-corrected chi connectivity index (χ0v) is 23.8. The maximum Gasteiger partial charge on any atom is 0.323 e. The number of ether oxygens (including phenoxy) is 2. The number of anilines is 3. The minimum Gasteiger partial charge on any atom is -0.351 e. The van der Waals surface area contributed by atoms with Crippen LogP contribution < -0.4 is 21.5 Å². The van der Waals surface area contributed by atoms with E-state index < -0.39 is 17.6 Å². The van der Waals surface area contributed by atoms with Crippen LogP contribution in [0.25, 0.3) is 22.2 Å². The summed E-state index contributed by atoms with van der Waals surface area (Å²) in [5, 5.41) is 13.1. The van der Waals surface area contributed by atoms with Crippen molar-refractivity contribution in [3.8, 4) is 11.1 Å². The third kappa shape index (κ3) is 6.20. The van der Waals surface area contributed by atoms with Gasteiger partial charge in [0, 0.05) is 36.9 Å². The molecule has 1 saturated heterocycles. The van der Waals surface area contributed by atoms with Crippen molar-refractivity contribution < 1.29 is 18.7 Å². The lowest BCUT2D eigenvalue weighted by Crippen LogP contribution is -2.26. The number of benzene rings is 1. The van der Waals surface area contributed by atoms with E-state index in [1.54, 1.807) is 30.2 Å². The number of carbonyl (C=O) groups excluding carboxylic acids is 1. The summed E-state index contributed by atoms with van der Waals surface area (Å²) in [6.07, 6.45) is 4.65. The zero-order valence-electron chi connectivity index (χ0n) is 23.8. The predicted molar refractivity (Wildman–Crippen MR) is 153 cm³/mol. The van der Waals surface area contributed by atoms with Gasteiger partial charge in [-0.15, -0.1) is 0 Å². The molecule has 2 amide bonds. The van der Waals surface area contributed by atoms with Crippen LogP contribution in [-0.2, 0) is 22.1 Å². The number of aromatic nitrogens is 5. The molecule has 1 aliphatic heterocycles. The van der Waals surface area contributed by atoms with Gasteiger partial charge in [-0.1, -0.05) is 6.07 Å². The number of pyridine rings is 1. The molecule has 1 fully saturated rings. The fourth-order valence-corrected chi connectivity index (χ4v) is 4.43. The van der Waals surface area contributed by atoms with E-state index in [2.05, 4.69) is 31.0 Å². The summed E-state index contributed by atoms with van der Waals surface area (Å²) in [6, 6.07) is 5.10. The highest BCUT2D eigenvalue weighted by molar-refractivity contribution is 6.00. The van der Waals surface area contributed by atoms with Crippen LogP contribution in [0.5, 0.6) is 0 Å². The molecule has 3 aromatic heterocycles. The molecule has 1 unspecified atom stereocenters. The Hall–Kier alpha value is -4.36. The Kier molecular flexibility index (Phi) is 7.26.